The van der Waals surface area contributed by atoms with Crippen LogP contribution in [0.2, 0.25) is 0 Å². The third-order valence-corrected chi connectivity index (χ3v) is 6.10. The van der Waals surface area contributed by atoms with Crippen molar-refractivity contribution in [1.29, 1.82) is 0 Å². The molecule has 3 nitrogen and oxygen atoms in total. The van der Waals surface area contributed by atoms with Gasteiger partial charge in [-0.25, -0.2) is 0 Å². The van der Waals surface area contributed by atoms with Gasteiger partial charge in [-0.1, -0.05) is 45.0 Å². The summed E-state index contributed by atoms with van der Waals surface area (Å²) in [7, 11) is 0. The Bertz CT molecular complexity index is 549. The van der Waals surface area contributed by atoms with E-state index in [9.17, 15) is 5.11 Å². The number of benzene rings is 1. The summed E-state index contributed by atoms with van der Waals surface area (Å²) in [6.07, 6.45) is 5.85. The Morgan fingerprint density at radius 1 is 1.12 bits per heavy atom. The van der Waals surface area contributed by atoms with Crippen molar-refractivity contribution >= 4 is 0 Å². The van der Waals surface area contributed by atoms with Crippen LogP contribution in [-0.2, 0) is 17.7 Å². The van der Waals surface area contributed by atoms with E-state index >= 15 is 0 Å². The number of halogens is 1. The quantitative estimate of drug-likeness (QED) is 0.828. The SMILES string of the molecule is CC(C)(C)C1CCC(OCC(O)CN2CCc3ccccc3C2)CC1.[Cl-]. The number of β-amino-alcohol motifs (C(OH)–C–C–N with tert-alkyl or cyclic N) is 1. The molecule has 148 valence electrons. The molecule has 1 heterocycles. The monoisotopic (exact) mass is 380 g/mol. The zero-order valence-electron chi connectivity index (χ0n) is 16.6. The highest BCUT2D eigenvalue weighted by molar-refractivity contribution is 5.29. The molecular weight excluding hydrogens is 346 g/mol. The standard InChI is InChI=1S/C22H35NO2.ClH/c1-22(2,3)19-8-10-21(11-9-19)25-16-20(24)15-23-13-12-17-6-4-5-7-18(17)14-23;/h4-7,19-21,24H,8-16H2,1-3H3;1H/p-1. The maximum atomic E-state index is 10.4. The van der Waals surface area contributed by atoms with Gasteiger partial charge >= 0.3 is 0 Å². The Kier molecular flexibility index (Phi) is 7.96. The van der Waals surface area contributed by atoms with E-state index in [1.54, 1.807) is 0 Å². The van der Waals surface area contributed by atoms with Crippen molar-refractivity contribution in [3.63, 3.8) is 0 Å². The van der Waals surface area contributed by atoms with E-state index in [1.807, 2.05) is 0 Å². The van der Waals surface area contributed by atoms with Crippen molar-refractivity contribution in [1.82, 2.24) is 4.90 Å². The second-order valence-corrected chi connectivity index (χ2v) is 9.08. The number of fused-ring (bicyclic) bond motifs is 1. The smallest absolute Gasteiger partial charge is 0.0900 e. The van der Waals surface area contributed by atoms with E-state index < -0.39 is 0 Å². The fraction of sp³-hybridized carbons (Fsp3) is 0.727. The third kappa shape index (κ3) is 5.95. The van der Waals surface area contributed by atoms with Crippen LogP contribution in [0.25, 0.3) is 0 Å². The molecule has 1 aliphatic carbocycles. The number of ether oxygens (including phenoxy) is 1. The fourth-order valence-electron chi connectivity index (χ4n) is 4.40. The molecule has 4 heteroatoms. The van der Waals surface area contributed by atoms with Crippen LogP contribution in [0, 0.1) is 11.3 Å². The summed E-state index contributed by atoms with van der Waals surface area (Å²) < 4.78 is 6.04. The first-order chi connectivity index (χ1) is 11.9. The normalized spacial score (nSPS) is 25.2. The minimum absolute atomic E-state index is 0. The van der Waals surface area contributed by atoms with Crippen LogP contribution in [0.5, 0.6) is 0 Å². The number of hydrogen-bond donors (Lipinski definition) is 1. The maximum Gasteiger partial charge on any atom is 0.0900 e. The zero-order chi connectivity index (χ0) is 17.9. The molecule has 0 radical (unpaired) electrons. The van der Waals surface area contributed by atoms with Gasteiger partial charge in [-0.3, -0.25) is 4.90 Å². The summed E-state index contributed by atoms with van der Waals surface area (Å²) in [5.41, 5.74) is 3.28. The highest BCUT2D eigenvalue weighted by Crippen LogP contribution is 2.38. The first-order valence-electron chi connectivity index (χ1n) is 10.0. The van der Waals surface area contributed by atoms with Crippen molar-refractivity contribution in [3.05, 3.63) is 35.4 Å². The predicted molar refractivity (Wildman–Crippen MR) is 103 cm³/mol. The molecule has 1 aliphatic heterocycles. The van der Waals surface area contributed by atoms with Crippen LogP contribution in [0.15, 0.2) is 24.3 Å². The van der Waals surface area contributed by atoms with Crippen molar-refractivity contribution in [3.8, 4) is 0 Å². The van der Waals surface area contributed by atoms with E-state index in [1.165, 1.54) is 24.0 Å². The number of aliphatic hydroxyl groups excluding tert-OH is 1. The Labute approximate surface area is 165 Å². The summed E-state index contributed by atoms with van der Waals surface area (Å²) in [6.45, 7) is 10.2. The highest BCUT2D eigenvalue weighted by atomic mass is 35.5. The number of aliphatic hydroxyl groups is 1. The second kappa shape index (κ2) is 9.54. The van der Waals surface area contributed by atoms with Crippen molar-refractivity contribution < 1.29 is 22.3 Å². The van der Waals surface area contributed by atoms with E-state index in [0.29, 0.717) is 24.7 Å². The Hall–Kier alpha value is -0.610. The molecule has 26 heavy (non-hydrogen) atoms. The van der Waals surface area contributed by atoms with E-state index in [4.69, 9.17) is 4.74 Å². The zero-order valence-corrected chi connectivity index (χ0v) is 17.3. The highest BCUT2D eigenvalue weighted by Gasteiger charge is 2.30. The Morgan fingerprint density at radius 3 is 2.42 bits per heavy atom. The molecule has 0 aromatic heterocycles. The molecule has 1 unspecified atom stereocenters. The van der Waals surface area contributed by atoms with Crippen LogP contribution in [-0.4, -0.2) is 41.9 Å². The average molecular weight is 381 g/mol. The lowest BCUT2D eigenvalue weighted by atomic mass is 9.72. The van der Waals surface area contributed by atoms with Crippen LogP contribution in [0.1, 0.15) is 57.6 Å². The Balaban J connectivity index is 0.00000243. The molecule has 1 atom stereocenters. The average Bonchev–Trinajstić information content (AvgIpc) is 2.59. The number of nitrogens with zero attached hydrogens (tertiary/aromatic N) is 1. The van der Waals surface area contributed by atoms with E-state index in [2.05, 4.69) is 49.9 Å². The minimum atomic E-state index is -0.384. The van der Waals surface area contributed by atoms with E-state index in [0.717, 1.165) is 38.3 Å². The van der Waals surface area contributed by atoms with Crippen LogP contribution < -0.4 is 12.4 Å². The van der Waals surface area contributed by atoms with E-state index in [-0.39, 0.29) is 18.5 Å². The molecule has 1 saturated carbocycles. The molecular formula is C22H35ClNO2-. The molecule has 0 bridgehead atoms. The van der Waals surface area contributed by atoms with Gasteiger partial charge in [0.1, 0.15) is 0 Å². The molecule has 2 aliphatic rings. The summed E-state index contributed by atoms with van der Waals surface area (Å²) in [4.78, 5) is 2.35. The van der Waals surface area contributed by atoms with Crippen molar-refractivity contribution in [2.24, 2.45) is 11.3 Å². The van der Waals surface area contributed by atoms with Gasteiger partial charge in [0.15, 0.2) is 0 Å². The van der Waals surface area contributed by atoms with Crippen LogP contribution in [0.4, 0.5) is 0 Å². The van der Waals surface area contributed by atoms with Gasteiger partial charge in [0.25, 0.3) is 0 Å². The first-order valence-corrected chi connectivity index (χ1v) is 10.0. The van der Waals surface area contributed by atoms with Gasteiger partial charge in [-0.2, -0.15) is 0 Å². The lowest BCUT2D eigenvalue weighted by Crippen LogP contribution is -3.00. The van der Waals surface area contributed by atoms with Crippen molar-refractivity contribution in [2.75, 3.05) is 19.7 Å². The third-order valence-electron chi connectivity index (χ3n) is 6.10. The van der Waals surface area contributed by atoms with Crippen molar-refractivity contribution in [2.45, 2.75) is 71.6 Å². The molecule has 0 amide bonds. The van der Waals surface area contributed by atoms with Gasteiger partial charge in [0.2, 0.25) is 0 Å². The Morgan fingerprint density at radius 2 is 1.77 bits per heavy atom. The topological polar surface area (TPSA) is 32.7 Å². The number of hydrogen-bond acceptors (Lipinski definition) is 3. The molecule has 1 aromatic rings. The molecule has 3 rings (SSSR count). The maximum absolute atomic E-state index is 10.4. The van der Waals surface area contributed by atoms with Gasteiger partial charge in [-0.15, -0.1) is 0 Å². The van der Waals surface area contributed by atoms with Gasteiger partial charge in [0, 0.05) is 19.6 Å². The fourth-order valence-corrected chi connectivity index (χ4v) is 4.40. The van der Waals surface area contributed by atoms with Crippen LogP contribution in [0.3, 0.4) is 0 Å². The predicted octanol–water partition coefficient (Wildman–Crippen LogP) is 1.03. The van der Waals surface area contributed by atoms with Gasteiger partial charge in [0.05, 0.1) is 18.8 Å². The lowest BCUT2D eigenvalue weighted by Gasteiger charge is -2.37. The lowest BCUT2D eigenvalue weighted by molar-refractivity contribution is -0.0452. The first kappa shape index (κ1) is 21.7. The summed E-state index contributed by atoms with van der Waals surface area (Å²) in [5.74, 6) is 0.811. The summed E-state index contributed by atoms with van der Waals surface area (Å²) in [5, 5.41) is 10.4. The largest absolute Gasteiger partial charge is 1.00 e. The van der Waals surface area contributed by atoms with Crippen LogP contribution >= 0.6 is 0 Å². The molecule has 1 N–H and O–H groups in total. The van der Waals surface area contributed by atoms with Gasteiger partial charge < -0.3 is 22.3 Å². The molecule has 1 fully saturated rings. The summed E-state index contributed by atoms with van der Waals surface area (Å²) in [6, 6.07) is 8.65. The summed E-state index contributed by atoms with van der Waals surface area (Å²) >= 11 is 0. The van der Waals surface area contributed by atoms with Gasteiger partial charge in [-0.05, 0) is 54.6 Å². The number of rotatable bonds is 5. The molecule has 1 aromatic carbocycles. The second-order valence-electron chi connectivity index (χ2n) is 9.08. The minimum Gasteiger partial charge on any atom is -1.00 e. The molecule has 0 spiro atoms. The molecule has 0 saturated heterocycles.